The normalized spacial score (nSPS) is 13.5. The molecule has 1 aliphatic rings. The number of fused-ring (bicyclic) bond motifs is 1. The highest BCUT2D eigenvalue weighted by Crippen LogP contribution is 2.32. The van der Waals surface area contributed by atoms with Crippen LogP contribution in [0.3, 0.4) is 0 Å². The third-order valence-corrected chi connectivity index (χ3v) is 6.89. The molecular weight excluding hydrogens is 416 g/mol. The van der Waals surface area contributed by atoms with Gasteiger partial charge in [-0.2, -0.15) is 0 Å². The third kappa shape index (κ3) is 4.88. The van der Waals surface area contributed by atoms with Crippen molar-refractivity contribution < 1.29 is 9.59 Å². The minimum Gasteiger partial charge on any atom is -0.330 e. The fourth-order valence-electron chi connectivity index (χ4n) is 3.47. The van der Waals surface area contributed by atoms with E-state index in [2.05, 4.69) is 33.0 Å². The van der Waals surface area contributed by atoms with Gasteiger partial charge in [0.15, 0.2) is 10.1 Å². The second-order valence-corrected chi connectivity index (χ2v) is 9.79. The van der Waals surface area contributed by atoms with Crippen LogP contribution >= 0.6 is 23.1 Å². The number of amides is 1. The number of thioether (sulfide) groups is 1. The first-order chi connectivity index (χ1) is 14.5. The molecule has 6 nitrogen and oxygen atoms in total. The van der Waals surface area contributed by atoms with Gasteiger partial charge in [0.1, 0.15) is 0 Å². The predicted octanol–water partition coefficient (Wildman–Crippen LogP) is 5.09. The molecule has 0 fully saturated rings. The Hall–Kier alpha value is -2.71. The lowest BCUT2D eigenvalue weighted by molar-refractivity contribution is -0.114. The van der Waals surface area contributed by atoms with Crippen molar-refractivity contribution in [1.82, 2.24) is 10.2 Å². The van der Waals surface area contributed by atoms with Crippen LogP contribution in [0.5, 0.6) is 0 Å². The Morgan fingerprint density at radius 1 is 1.07 bits per heavy atom. The summed E-state index contributed by atoms with van der Waals surface area (Å²) < 4.78 is 0.734. The third-order valence-electron chi connectivity index (χ3n) is 4.87. The summed E-state index contributed by atoms with van der Waals surface area (Å²) in [6, 6.07) is 13.5. The van der Waals surface area contributed by atoms with Gasteiger partial charge in [0.2, 0.25) is 11.0 Å². The molecule has 3 aromatic rings. The molecule has 1 aromatic heterocycles. The molecule has 8 heteroatoms. The van der Waals surface area contributed by atoms with E-state index in [4.69, 9.17) is 0 Å². The minimum absolute atomic E-state index is 0.113. The number of nitrogens with zero attached hydrogens (tertiary/aromatic N) is 2. The van der Waals surface area contributed by atoms with Crippen molar-refractivity contribution in [3.8, 4) is 0 Å². The van der Waals surface area contributed by atoms with E-state index in [-0.39, 0.29) is 16.9 Å². The van der Waals surface area contributed by atoms with Gasteiger partial charge in [-0.3, -0.25) is 9.59 Å². The highest BCUT2D eigenvalue weighted by molar-refractivity contribution is 8.02. The van der Waals surface area contributed by atoms with Crippen LogP contribution in [0.1, 0.15) is 41.8 Å². The monoisotopic (exact) mass is 438 g/mol. The summed E-state index contributed by atoms with van der Waals surface area (Å²) in [6.07, 6.45) is 3.35. The number of carbonyl (C=O) groups excluding carboxylic acids is 2. The van der Waals surface area contributed by atoms with E-state index < -0.39 is 0 Å². The largest absolute Gasteiger partial charge is 0.330 e. The number of anilines is 3. The molecule has 1 aliphatic carbocycles. The highest BCUT2D eigenvalue weighted by Gasteiger charge is 2.21. The fourth-order valence-corrected chi connectivity index (χ4v) is 5.47. The number of carbonyl (C=O) groups is 2. The number of Topliss-reactive ketones (excluding diaryl/α,β-unsaturated/α-hetero) is 1. The number of ketones is 1. The molecule has 30 heavy (non-hydrogen) atoms. The molecule has 0 saturated carbocycles. The lowest BCUT2D eigenvalue weighted by Gasteiger charge is -2.09. The summed E-state index contributed by atoms with van der Waals surface area (Å²) in [7, 11) is 0. The second kappa shape index (κ2) is 8.97. The number of hydrogen-bond acceptors (Lipinski definition) is 7. The van der Waals surface area contributed by atoms with Crippen LogP contribution in [0.15, 0.2) is 46.8 Å². The standard InChI is InChI=1S/C22H22N4O2S2/c1-13(20(28)17-10-9-15-5-3-6-16(15)11-17)29-22-26-25-21(30-22)24-19-8-4-7-18(12-19)23-14(2)27/h4,7-13H,3,5-6H2,1-2H3,(H,23,27)(H,24,25). The molecule has 1 amide bonds. The Morgan fingerprint density at radius 3 is 2.70 bits per heavy atom. The van der Waals surface area contributed by atoms with Gasteiger partial charge in [-0.1, -0.05) is 41.3 Å². The van der Waals surface area contributed by atoms with E-state index in [0.29, 0.717) is 10.8 Å². The number of benzene rings is 2. The Labute approximate surface area is 183 Å². The molecule has 0 aliphatic heterocycles. The van der Waals surface area contributed by atoms with Crippen LogP contribution in [0.4, 0.5) is 16.5 Å². The van der Waals surface area contributed by atoms with Crippen molar-refractivity contribution in [2.24, 2.45) is 0 Å². The highest BCUT2D eigenvalue weighted by atomic mass is 32.2. The molecule has 0 spiro atoms. The van der Waals surface area contributed by atoms with Gasteiger partial charge in [-0.05, 0) is 61.6 Å². The van der Waals surface area contributed by atoms with Gasteiger partial charge >= 0.3 is 0 Å². The van der Waals surface area contributed by atoms with Gasteiger partial charge in [0.25, 0.3) is 0 Å². The summed E-state index contributed by atoms with van der Waals surface area (Å²) in [5.74, 6) is -0.00815. The van der Waals surface area contributed by atoms with E-state index in [1.807, 2.05) is 37.3 Å². The van der Waals surface area contributed by atoms with Gasteiger partial charge in [-0.25, -0.2) is 0 Å². The molecule has 0 radical (unpaired) electrons. The van der Waals surface area contributed by atoms with Gasteiger partial charge in [0.05, 0.1) is 5.25 Å². The van der Waals surface area contributed by atoms with Gasteiger partial charge in [0, 0.05) is 23.9 Å². The molecule has 154 valence electrons. The van der Waals surface area contributed by atoms with E-state index in [1.165, 1.54) is 47.6 Å². The van der Waals surface area contributed by atoms with Gasteiger partial charge in [-0.15, -0.1) is 10.2 Å². The number of hydrogen-bond donors (Lipinski definition) is 2. The average molecular weight is 439 g/mol. The summed E-state index contributed by atoms with van der Waals surface area (Å²) in [4.78, 5) is 24.1. The molecule has 0 saturated heterocycles. The van der Waals surface area contributed by atoms with E-state index in [0.717, 1.165) is 28.4 Å². The number of aryl methyl sites for hydroxylation is 2. The van der Waals surface area contributed by atoms with Crippen LogP contribution in [0, 0.1) is 0 Å². The maximum Gasteiger partial charge on any atom is 0.221 e. The average Bonchev–Trinajstić information content (AvgIpc) is 3.35. The molecule has 1 atom stereocenters. The summed E-state index contributed by atoms with van der Waals surface area (Å²) in [5.41, 5.74) is 4.96. The lowest BCUT2D eigenvalue weighted by Crippen LogP contribution is -2.13. The first-order valence-corrected chi connectivity index (χ1v) is 11.5. The smallest absolute Gasteiger partial charge is 0.221 e. The fraction of sp³-hybridized carbons (Fsp3) is 0.273. The maximum absolute atomic E-state index is 12.9. The Balaban J connectivity index is 1.39. The topological polar surface area (TPSA) is 84.0 Å². The maximum atomic E-state index is 12.9. The van der Waals surface area contributed by atoms with Crippen LogP contribution in [0.25, 0.3) is 0 Å². The van der Waals surface area contributed by atoms with Gasteiger partial charge < -0.3 is 10.6 Å². The van der Waals surface area contributed by atoms with E-state index in [1.54, 1.807) is 0 Å². The van der Waals surface area contributed by atoms with Crippen LogP contribution in [-0.2, 0) is 17.6 Å². The first kappa shape index (κ1) is 20.6. The van der Waals surface area contributed by atoms with Crippen molar-refractivity contribution in [2.45, 2.75) is 42.7 Å². The van der Waals surface area contributed by atoms with Crippen LogP contribution in [-0.4, -0.2) is 27.1 Å². The predicted molar refractivity (Wildman–Crippen MR) is 122 cm³/mol. The van der Waals surface area contributed by atoms with Crippen molar-refractivity contribution >= 4 is 51.3 Å². The number of nitrogens with one attached hydrogen (secondary N) is 2. The summed E-state index contributed by atoms with van der Waals surface area (Å²) >= 11 is 2.82. The zero-order chi connectivity index (χ0) is 21.1. The Kier molecular flexibility index (Phi) is 6.15. The quantitative estimate of drug-likeness (QED) is 0.395. The Bertz CT molecular complexity index is 1100. The molecule has 1 heterocycles. The van der Waals surface area contributed by atoms with E-state index in [9.17, 15) is 9.59 Å². The minimum atomic E-state index is -0.242. The zero-order valence-electron chi connectivity index (χ0n) is 16.8. The zero-order valence-corrected chi connectivity index (χ0v) is 18.4. The van der Waals surface area contributed by atoms with E-state index >= 15 is 0 Å². The second-order valence-electron chi connectivity index (χ2n) is 7.22. The number of rotatable bonds is 7. The lowest BCUT2D eigenvalue weighted by atomic mass is 10.0. The van der Waals surface area contributed by atoms with Crippen molar-refractivity contribution in [2.75, 3.05) is 10.6 Å². The summed E-state index contributed by atoms with van der Waals surface area (Å²) in [5, 5.41) is 14.7. The molecule has 0 bridgehead atoms. The SMILES string of the molecule is CC(=O)Nc1cccc(Nc2nnc(SC(C)C(=O)c3ccc4c(c3)CCC4)s2)c1. The van der Waals surface area contributed by atoms with Crippen molar-refractivity contribution in [1.29, 1.82) is 0 Å². The van der Waals surface area contributed by atoms with Crippen molar-refractivity contribution in [3.05, 3.63) is 59.2 Å². The Morgan fingerprint density at radius 2 is 1.87 bits per heavy atom. The first-order valence-electron chi connectivity index (χ1n) is 9.79. The van der Waals surface area contributed by atoms with Crippen molar-refractivity contribution in [3.63, 3.8) is 0 Å². The molecule has 2 N–H and O–H groups in total. The summed E-state index contributed by atoms with van der Waals surface area (Å²) in [6.45, 7) is 3.38. The molecule has 2 aromatic carbocycles. The molecular formula is C22H22N4O2S2. The number of aromatic nitrogens is 2. The molecule has 1 unspecified atom stereocenters. The van der Waals surface area contributed by atoms with Crippen LogP contribution < -0.4 is 10.6 Å². The molecule has 4 rings (SSSR count). The van der Waals surface area contributed by atoms with Crippen LogP contribution in [0.2, 0.25) is 0 Å².